The van der Waals surface area contributed by atoms with Crippen LogP contribution in [0.5, 0.6) is 5.75 Å². The second kappa shape index (κ2) is 18.7. The van der Waals surface area contributed by atoms with E-state index in [0.717, 1.165) is 66.4 Å². The number of aliphatic imine (C=N–C) groups is 1. The quantitative estimate of drug-likeness (QED) is 0.103. The predicted octanol–water partition coefficient (Wildman–Crippen LogP) is 8.22. The Morgan fingerprint density at radius 2 is 1.71 bits per heavy atom. The van der Waals surface area contributed by atoms with Gasteiger partial charge in [0.05, 0.1) is 34.4 Å². The van der Waals surface area contributed by atoms with Gasteiger partial charge in [-0.1, -0.05) is 63.6 Å². The first-order valence-corrected chi connectivity index (χ1v) is 23.6. The Bertz CT molecular complexity index is 2630. The Hall–Kier alpha value is -5.69. The van der Waals surface area contributed by atoms with Crippen molar-refractivity contribution in [3.05, 3.63) is 110 Å². The number of hydrogen-bond acceptors (Lipinski definition) is 12. The molecule has 5 aromatic rings. The van der Waals surface area contributed by atoms with Gasteiger partial charge in [-0.15, -0.1) is 21.5 Å². The van der Waals surface area contributed by atoms with E-state index < -0.39 is 6.04 Å². The van der Waals surface area contributed by atoms with Gasteiger partial charge in [-0.3, -0.25) is 19.1 Å². The molecule has 16 heteroatoms. The molecule has 1 aliphatic carbocycles. The fourth-order valence-corrected chi connectivity index (χ4v) is 11.4. The van der Waals surface area contributed by atoms with Crippen molar-refractivity contribution in [3.63, 3.8) is 0 Å². The summed E-state index contributed by atoms with van der Waals surface area (Å²) in [5, 5.41) is 25.7. The lowest BCUT2D eigenvalue weighted by atomic mass is 9.49. The molecule has 0 unspecified atom stereocenters. The summed E-state index contributed by atoms with van der Waals surface area (Å²) in [4.78, 5) is 44.1. The smallest absolute Gasteiger partial charge is 0.254 e. The number of nitrogens with one attached hydrogen (secondary N) is 2. The van der Waals surface area contributed by atoms with Crippen LogP contribution in [0.3, 0.4) is 0 Å². The van der Waals surface area contributed by atoms with Crippen LogP contribution in [-0.2, 0) is 16.0 Å². The highest BCUT2D eigenvalue weighted by Crippen LogP contribution is 2.55. The summed E-state index contributed by atoms with van der Waals surface area (Å²) in [6, 6.07) is 15.1. The molecule has 3 aliphatic rings. The summed E-state index contributed by atoms with van der Waals surface area (Å²) in [5.74, 6) is 2.36. The minimum Gasteiger partial charge on any atom is -0.489 e. The van der Waals surface area contributed by atoms with E-state index in [2.05, 4.69) is 112 Å². The number of hydrogen-bond donors (Lipinski definition) is 2. The molecule has 14 nitrogen and oxygen atoms in total. The zero-order valence-electron chi connectivity index (χ0n) is 38.4. The van der Waals surface area contributed by atoms with Crippen LogP contribution < -0.4 is 20.3 Å². The van der Waals surface area contributed by atoms with Gasteiger partial charge in [-0.2, -0.15) is 5.26 Å². The fraction of sp³-hybridized carbons (Fsp3) is 0.469. The maximum absolute atomic E-state index is 13.5. The molecule has 5 heterocycles. The van der Waals surface area contributed by atoms with E-state index in [-0.39, 0.29) is 47.3 Å². The zero-order chi connectivity index (χ0) is 46.2. The number of nitrogens with zero attached hydrogens (tertiary/aromatic N) is 8. The van der Waals surface area contributed by atoms with Crippen molar-refractivity contribution in [2.24, 2.45) is 15.8 Å². The second-order valence-corrected chi connectivity index (χ2v) is 20.1. The molecule has 1 saturated carbocycles. The van der Waals surface area contributed by atoms with Crippen molar-refractivity contribution in [3.8, 4) is 16.8 Å². The van der Waals surface area contributed by atoms with Crippen molar-refractivity contribution in [1.29, 1.82) is 5.26 Å². The Balaban J connectivity index is 0.809. The van der Waals surface area contributed by atoms with Crippen LogP contribution in [0, 0.1) is 42.9 Å². The lowest BCUT2D eigenvalue weighted by Crippen LogP contribution is -2.74. The van der Waals surface area contributed by atoms with Crippen molar-refractivity contribution < 1.29 is 19.1 Å². The molecule has 340 valence electrons. The van der Waals surface area contributed by atoms with Crippen molar-refractivity contribution in [1.82, 2.24) is 35.4 Å². The van der Waals surface area contributed by atoms with Crippen LogP contribution in [0.1, 0.15) is 121 Å². The summed E-state index contributed by atoms with van der Waals surface area (Å²) < 4.78 is 14.8. The average Bonchev–Trinajstić information content (AvgIpc) is 3.77. The third-order valence-corrected chi connectivity index (χ3v) is 14.7. The summed E-state index contributed by atoms with van der Waals surface area (Å²) in [7, 11) is 0. The second-order valence-electron chi connectivity index (χ2n) is 18.5. The van der Waals surface area contributed by atoms with E-state index in [4.69, 9.17) is 26.1 Å². The van der Waals surface area contributed by atoms with E-state index >= 15 is 0 Å². The molecule has 2 aliphatic heterocycles. The number of thiophene rings is 1. The summed E-state index contributed by atoms with van der Waals surface area (Å²) in [5.41, 5.74) is 5.38. The minimum atomic E-state index is -0.466. The number of benzene rings is 2. The van der Waals surface area contributed by atoms with E-state index in [1.807, 2.05) is 13.8 Å². The van der Waals surface area contributed by atoms with Gasteiger partial charge >= 0.3 is 0 Å². The number of aromatic nitrogens is 5. The highest BCUT2D eigenvalue weighted by molar-refractivity contribution is 7.15. The van der Waals surface area contributed by atoms with Crippen molar-refractivity contribution in [2.45, 2.75) is 112 Å². The van der Waals surface area contributed by atoms with Gasteiger partial charge in [0.1, 0.15) is 34.8 Å². The van der Waals surface area contributed by atoms with Crippen LogP contribution in [0.2, 0.25) is 5.02 Å². The predicted molar refractivity (Wildman–Crippen MR) is 253 cm³/mol. The van der Waals surface area contributed by atoms with E-state index in [1.54, 1.807) is 41.9 Å². The summed E-state index contributed by atoms with van der Waals surface area (Å²) in [6.45, 7) is 19.2. The van der Waals surface area contributed by atoms with Crippen molar-refractivity contribution in [2.75, 3.05) is 31.1 Å². The van der Waals surface area contributed by atoms with Crippen LogP contribution in [-0.4, -0.2) is 86.7 Å². The highest BCUT2D eigenvalue weighted by Gasteiger charge is 2.64. The Morgan fingerprint density at radius 1 is 1.00 bits per heavy atom. The van der Waals surface area contributed by atoms with Crippen LogP contribution in [0.25, 0.3) is 5.00 Å². The molecule has 1 saturated heterocycles. The number of fused-ring (bicyclic) bond motifs is 3. The third kappa shape index (κ3) is 9.13. The van der Waals surface area contributed by atoms with Crippen LogP contribution in [0.4, 0.5) is 5.95 Å². The molecule has 65 heavy (non-hydrogen) atoms. The Morgan fingerprint density at radius 3 is 2.37 bits per heavy atom. The standard InChI is InChI=1S/C49H57ClN10O4S/c1-9-52-39(61)24-38-42-58-57-30(4)60(42)44-40(28(2)29(3)65-44)41(55-38)32-14-12-31(13-15-32)11-10-22-63-35-18-20-59(21-19-35)47-53-26-34(27-54-47)43(62)56-45-48(5,6)46(49(45,7)8)64-36-17-16-33(25-51)37(50)23-36/h12-17,23,26-27,35,38,45-46H,9-11,18-22,24H2,1-8H3,(H,52,61)(H,56,62)/t38-,45?,46?/m0/s1. The SMILES string of the molecule is CCNC(=O)C[C@@H]1N=C(c2ccc(CCCOC3CCN(c4ncc(C(=O)NC5C(C)(C)C(Oc6ccc(C#N)c(Cl)c6)C5(C)C)cn4)CC3)cc2)c2c(sc(C)c2C)-n2c(C)nnc21. The topological polar surface area (TPSA) is 173 Å². The molecule has 2 amide bonds. The molecule has 2 aromatic carbocycles. The Kier molecular flexibility index (Phi) is 13.2. The molecule has 8 rings (SSSR count). The van der Waals surface area contributed by atoms with Gasteiger partial charge in [-0.25, -0.2) is 9.97 Å². The molecule has 1 atom stereocenters. The largest absolute Gasteiger partial charge is 0.489 e. The van der Waals surface area contributed by atoms with Crippen LogP contribution in [0.15, 0.2) is 59.9 Å². The fourth-order valence-electron chi connectivity index (χ4n) is 9.96. The number of piperidine rings is 1. The number of ether oxygens (including phenoxy) is 2. The normalized spacial score (nSPS) is 19.8. The van der Waals surface area contributed by atoms with Gasteiger partial charge in [0, 0.05) is 77.6 Å². The molecular weight excluding hydrogens is 860 g/mol. The van der Waals surface area contributed by atoms with Gasteiger partial charge < -0.3 is 25.0 Å². The van der Waals surface area contributed by atoms with E-state index in [1.165, 1.54) is 16.0 Å². The monoisotopic (exact) mass is 916 g/mol. The zero-order valence-corrected chi connectivity index (χ0v) is 39.9. The highest BCUT2D eigenvalue weighted by atomic mass is 35.5. The maximum atomic E-state index is 13.5. The third-order valence-electron chi connectivity index (χ3n) is 13.2. The number of nitriles is 1. The molecule has 3 aromatic heterocycles. The average molecular weight is 918 g/mol. The first-order valence-electron chi connectivity index (χ1n) is 22.4. The first kappa shape index (κ1) is 45.9. The molecule has 2 N–H and O–H groups in total. The van der Waals surface area contributed by atoms with E-state index in [0.29, 0.717) is 46.8 Å². The molecule has 0 spiro atoms. The van der Waals surface area contributed by atoms with Crippen molar-refractivity contribution >= 4 is 46.4 Å². The summed E-state index contributed by atoms with van der Waals surface area (Å²) in [6.07, 6.45) is 6.87. The molecule has 2 fully saturated rings. The molecule has 0 bridgehead atoms. The van der Waals surface area contributed by atoms with Gasteiger partial charge in [0.15, 0.2) is 5.82 Å². The van der Waals surface area contributed by atoms with Gasteiger partial charge in [-0.05, 0) is 76.6 Å². The lowest BCUT2D eigenvalue weighted by Gasteiger charge is -2.63. The number of carbonyl (C=O) groups excluding carboxylic acids is 2. The number of carbonyl (C=O) groups is 2. The van der Waals surface area contributed by atoms with Crippen LogP contribution >= 0.6 is 22.9 Å². The number of amides is 2. The summed E-state index contributed by atoms with van der Waals surface area (Å²) >= 11 is 7.97. The van der Waals surface area contributed by atoms with Gasteiger partial charge in [0.2, 0.25) is 11.9 Å². The minimum absolute atomic E-state index is 0.0638. The first-order chi connectivity index (χ1) is 31.1. The number of rotatable bonds is 14. The Labute approximate surface area is 389 Å². The van der Waals surface area contributed by atoms with Gasteiger partial charge in [0.25, 0.3) is 5.91 Å². The number of halogens is 1. The molecule has 0 radical (unpaired) electrons. The maximum Gasteiger partial charge on any atom is 0.254 e. The van der Waals surface area contributed by atoms with E-state index in [9.17, 15) is 14.9 Å². The number of aryl methyl sites for hydroxylation is 3. The lowest BCUT2D eigenvalue weighted by molar-refractivity contribution is -0.164. The molecular formula is C49H57ClN10O4S. The number of anilines is 1.